The molecule has 1 aromatic rings. The number of hydrogen-bond acceptors (Lipinski definition) is 2. The number of piperidine rings is 1. The van der Waals surface area contributed by atoms with Gasteiger partial charge in [0.2, 0.25) is 0 Å². The van der Waals surface area contributed by atoms with Crippen molar-refractivity contribution in [2.24, 2.45) is 0 Å². The monoisotopic (exact) mass is 401 g/mol. The largest absolute Gasteiger partial charge is 0.494 e. The van der Waals surface area contributed by atoms with Crippen molar-refractivity contribution in [3.8, 4) is 5.75 Å². The molecule has 1 N–H and O–H groups in total. The van der Waals surface area contributed by atoms with Crippen LogP contribution in [-0.2, 0) is 0 Å². The van der Waals surface area contributed by atoms with Crippen molar-refractivity contribution in [3.63, 3.8) is 0 Å². The summed E-state index contributed by atoms with van der Waals surface area (Å²) in [6.07, 6.45) is 16.1. The Morgan fingerprint density at radius 1 is 0.759 bits per heavy atom. The molecule has 0 bridgehead atoms. The van der Waals surface area contributed by atoms with Crippen LogP contribution in [0.3, 0.4) is 0 Å². The topological polar surface area (TPSA) is 21.3 Å². The Morgan fingerprint density at radius 3 is 1.76 bits per heavy atom. The minimum Gasteiger partial charge on any atom is -0.494 e. The Hall–Kier alpha value is -1.02. The first kappa shape index (κ1) is 24.3. The van der Waals surface area contributed by atoms with Gasteiger partial charge in [-0.2, -0.15) is 0 Å². The lowest BCUT2D eigenvalue weighted by atomic mass is 9.73. The van der Waals surface area contributed by atoms with E-state index in [1.807, 2.05) is 0 Å². The minimum atomic E-state index is 0.192. The summed E-state index contributed by atoms with van der Waals surface area (Å²) in [5, 5.41) is 3.78. The number of nitrogens with one attached hydrogen (secondary N) is 1. The van der Waals surface area contributed by atoms with E-state index >= 15 is 0 Å². The molecule has 1 aliphatic rings. The average Bonchev–Trinajstić information content (AvgIpc) is 2.64. The van der Waals surface area contributed by atoms with Gasteiger partial charge in [0.05, 0.1) is 6.61 Å². The Morgan fingerprint density at radius 2 is 1.24 bits per heavy atom. The van der Waals surface area contributed by atoms with Crippen LogP contribution >= 0.6 is 0 Å². The first-order chi connectivity index (χ1) is 13.8. The second kappa shape index (κ2) is 12.0. The first-order valence-electron chi connectivity index (χ1n) is 12.3. The van der Waals surface area contributed by atoms with Crippen LogP contribution in [0.2, 0.25) is 0 Å². The Bertz CT molecular complexity index is 544. The molecule has 0 spiro atoms. The molecule has 0 aromatic heterocycles. The number of unbranched alkanes of at least 4 members (excludes halogenated alkanes) is 9. The van der Waals surface area contributed by atoms with Crippen molar-refractivity contribution in [3.05, 3.63) is 29.8 Å². The zero-order valence-electron chi connectivity index (χ0n) is 20.0. The maximum atomic E-state index is 5.99. The lowest BCUT2D eigenvalue weighted by Crippen LogP contribution is -2.57. The van der Waals surface area contributed by atoms with Gasteiger partial charge >= 0.3 is 0 Å². The summed E-state index contributed by atoms with van der Waals surface area (Å²) in [5.41, 5.74) is 1.84. The van der Waals surface area contributed by atoms with Gasteiger partial charge in [-0.15, -0.1) is 0 Å². The van der Waals surface area contributed by atoms with Crippen LogP contribution in [0.1, 0.15) is 123 Å². The Kier molecular flexibility index (Phi) is 10.0. The normalized spacial score (nSPS) is 18.7. The lowest BCUT2D eigenvalue weighted by molar-refractivity contribution is 0.162. The molecule has 1 heterocycles. The van der Waals surface area contributed by atoms with Crippen molar-refractivity contribution in [2.75, 3.05) is 6.61 Å². The SMILES string of the molecule is CCCCCCCCCCCCOc1ccc(C2CC(C)(C)NC(C)(C)C2)cc1. The summed E-state index contributed by atoms with van der Waals surface area (Å²) in [7, 11) is 0. The van der Waals surface area contributed by atoms with Crippen LogP contribution in [-0.4, -0.2) is 17.7 Å². The summed E-state index contributed by atoms with van der Waals surface area (Å²) in [6, 6.07) is 8.92. The highest BCUT2D eigenvalue weighted by Gasteiger charge is 2.38. The van der Waals surface area contributed by atoms with E-state index < -0.39 is 0 Å². The second-order valence-corrected chi connectivity index (χ2v) is 10.6. The lowest BCUT2D eigenvalue weighted by Gasteiger charge is -2.46. The van der Waals surface area contributed by atoms with Crippen molar-refractivity contribution in [2.45, 2.75) is 129 Å². The maximum absolute atomic E-state index is 5.99. The predicted octanol–water partition coefficient (Wildman–Crippen LogP) is 8.01. The second-order valence-electron chi connectivity index (χ2n) is 10.6. The molecule has 1 saturated heterocycles. The smallest absolute Gasteiger partial charge is 0.119 e. The van der Waals surface area contributed by atoms with Crippen molar-refractivity contribution >= 4 is 0 Å². The van der Waals surface area contributed by atoms with Gasteiger partial charge in [0, 0.05) is 11.1 Å². The molecule has 2 nitrogen and oxygen atoms in total. The number of benzene rings is 1. The molecule has 0 aliphatic carbocycles. The fourth-order valence-electron chi connectivity index (χ4n) is 5.17. The zero-order chi connectivity index (χ0) is 21.2. The molecule has 2 rings (SSSR count). The van der Waals surface area contributed by atoms with Crippen molar-refractivity contribution < 1.29 is 4.74 Å². The Labute approximate surface area is 181 Å². The fraction of sp³-hybridized carbons (Fsp3) is 0.778. The van der Waals surface area contributed by atoms with E-state index in [4.69, 9.17) is 4.74 Å². The minimum absolute atomic E-state index is 0.192. The molecule has 2 heteroatoms. The zero-order valence-corrected chi connectivity index (χ0v) is 20.0. The molecule has 0 atom stereocenters. The summed E-state index contributed by atoms with van der Waals surface area (Å²) < 4.78 is 5.99. The third kappa shape index (κ3) is 9.55. The molecule has 1 fully saturated rings. The van der Waals surface area contributed by atoms with Gasteiger partial charge < -0.3 is 10.1 Å². The average molecular weight is 402 g/mol. The van der Waals surface area contributed by atoms with Crippen LogP contribution in [0, 0.1) is 0 Å². The highest BCUT2D eigenvalue weighted by atomic mass is 16.5. The Balaban J connectivity index is 1.61. The molecule has 166 valence electrons. The predicted molar refractivity (Wildman–Crippen MR) is 127 cm³/mol. The molecule has 0 saturated carbocycles. The van der Waals surface area contributed by atoms with Crippen molar-refractivity contribution in [1.82, 2.24) is 5.32 Å². The van der Waals surface area contributed by atoms with Gasteiger partial charge in [-0.05, 0) is 70.6 Å². The molecular weight excluding hydrogens is 354 g/mol. The van der Waals surface area contributed by atoms with E-state index in [0.717, 1.165) is 12.4 Å². The van der Waals surface area contributed by atoms with Gasteiger partial charge in [-0.1, -0.05) is 76.8 Å². The third-order valence-corrected chi connectivity index (χ3v) is 6.31. The molecular formula is C27H47NO. The van der Waals surface area contributed by atoms with E-state index in [0.29, 0.717) is 5.92 Å². The van der Waals surface area contributed by atoms with E-state index in [1.54, 1.807) is 0 Å². The van der Waals surface area contributed by atoms with E-state index in [-0.39, 0.29) is 11.1 Å². The molecule has 0 unspecified atom stereocenters. The summed E-state index contributed by atoms with van der Waals surface area (Å²) in [5.74, 6) is 1.65. The quantitative estimate of drug-likeness (QED) is 0.338. The number of hydrogen-bond donors (Lipinski definition) is 1. The summed E-state index contributed by atoms with van der Waals surface area (Å²) in [6.45, 7) is 12.4. The number of rotatable bonds is 13. The highest BCUT2D eigenvalue weighted by Crippen LogP contribution is 2.39. The van der Waals surface area contributed by atoms with Gasteiger partial charge in [-0.3, -0.25) is 0 Å². The van der Waals surface area contributed by atoms with Crippen LogP contribution in [0.4, 0.5) is 0 Å². The van der Waals surface area contributed by atoms with E-state index in [2.05, 4.69) is 64.2 Å². The molecule has 0 radical (unpaired) electrons. The summed E-state index contributed by atoms with van der Waals surface area (Å²) >= 11 is 0. The van der Waals surface area contributed by atoms with Crippen LogP contribution in [0.5, 0.6) is 5.75 Å². The fourth-order valence-corrected chi connectivity index (χ4v) is 5.17. The molecule has 1 aromatic carbocycles. The third-order valence-electron chi connectivity index (χ3n) is 6.31. The van der Waals surface area contributed by atoms with E-state index in [9.17, 15) is 0 Å². The molecule has 1 aliphatic heterocycles. The van der Waals surface area contributed by atoms with Crippen LogP contribution in [0.25, 0.3) is 0 Å². The molecule has 29 heavy (non-hydrogen) atoms. The summed E-state index contributed by atoms with van der Waals surface area (Å²) in [4.78, 5) is 0. The van der Waals surface area contributed by atoms with E-state index in [1.165, 1.54) is 82.6 Å². The molecule has 0 amide bonds. The van der Waals surface area contributed by atoms with Gasteiger partial charge in [0.1, 0.15) is 5.75 Å². The maximum Gasteiger partial charge on any atom is 0.119 e. The van der Waals surface area contributed by atoms with Crippen LogP contribution < -0.4 is 10.1 Å². The van der Waals surface area contributed by atoms with Gasteiger partial charge in [-0.25, -0.2) is 0 Å². The van der Waals surface area contributed by atoms with Gasteiger partial charge in [0.25, 0.3) is 0 Å². The van der Waals surface area contributed by atoms with Gasteiger partial charge in [0.15, 0.2) is 0 Å². The standard InChI is InChI=1S/C27H47NO/c1-6-7-8-9-10-11-12-13-14-15-20-29-25-18-16-23(17-19-25)24-21-26(2,3)28-27(4,5)22-24/h16-19,24,28H,6-15,20-22H2,1-5H3. The van der Waals surface area contributed by atoms with Crippen molar-refractivity contribution in [1.29, 1.82) is 0 Å². The highest BCUT2D eigenvalue weighted by molar-refractivity contribution is 5.30. The number of ether oxygens (including phenoxy) is 1. The van der Waals surface area contributed by atoms with Crippen LogP contribution in [0.15, 0.2) is 24.3 Å². The first-order valence-corrected chi connectivity index (χ1v) is 12.3.